The van der Waals surface area contributed by atoms with Crippen LogP contribution < -0.4 is 10.5 Å². The van der Waals surface area contributed by atoms with Gasteiger partial charge in [-0.05, 0) is 38.5 Å². The molecule has 2 atom stereocenters. The van der Waals surface area contributed by atoms with Gasteiger partial charge in [-0.15, -0.1) is 0 Å². The molecule has 1 fully saturated rings. The van der Waals surface area contributed by atoms with E-state index in [0.29, 0.717) is 12.0 Å². The molecular formula is C13H20N2O. The number of likely N-dealkylation sites (tertiary alicyclic amines) is 1. The highest BCUT2D eigenvalue weighted by Crippen LogP contribution is 2.39. The fourth-order valence-electron chi connectivity index (χ4n) is 2.68. The van der Waals surface area contributed by atoms with Crippen molar-refractivity contribution in [1.29, 1.82) is 0 Å². The Morgan fingerprint density at radius 1 is 1.44 bits per heavy atom. The highest BCUT2D eigenvalue weighted by Gasteiger charge is 2.33. The summed E-state index contributed by atoms with van der Waals surface area (Å²) in [6.07, 6.45) is 1.18. The molecule has 1 heterocycles. The third kappa shape index (κ3) is 1.93. The quantitative estimate of drug-likeness (QED) is 0.841. The van der Waals surface area contributed by atoms with Crippen LogP contribution in [0, 0.1) is 5.92 Å². The summed E-state index contributed by atoms with van der Waals surface area (Å²) in [5, 5.41) is 0. The van der Waals surface area contributed by atoms with Gasteiger partial charge in [0.05, 0.1) is 7.11 Å². The van der Waals surface area contributed by atoms with E-state index in [1.165, 1.54) is 12.0 Å². The average Bonchev–Trinajstić information content (AvgIpc) is 2.70. The molecule has 2 rings (SSSR count). The van der Waals surface area contributed by atoms with E-state index >= 15 is 0 Å². The van der Waals surface area contributed by atoms with Crippen molar-refractivity contribution in [3.05, 3.63) is 29.8 Å². The van der Waals surface area contributed by atoms with Crippen LogP contribution in [0.15, 0.2) is 24.3 Å². The van der Waals surface area contributed by atoms with Crippen LogP contribution in [-0.4, -0.2) is 32.1 Å². The molecule has 88 valence electrons. The Morgan fingerprint density at radius 3 is 2.88 bits per heavy atom. The predicted molar refractivity (Wildman–Crippen MR) is 65.5 cm³/mol. The second-order valence-electron chi connectivity index (χ2n) is 4.45. The van der Waals surface area contributed by atoms with E-state index < -0.39 is 0 Å². The highest BCUT2D eigenvalue weighted by molar-refractivity contribution is 5.36. The van der Waals surface area contributed by atoms with E-state index in [0.717, 1.165) is 18.8 Å². The maximum absolute atomic E-state index is 5.85. The third-order valence-corrected chi connectivity index (χ3v) is 3.53. The van der Waals surface area contributed by atoms with Gasteiger partial charge in [0, 0.05) is 11.6 Å². The molecule has 1 aliphatic rings. The lowest BCUT2D eigenvalue weighted by Gasteiger charge is -2.26. The molecule has 3 heteroatoms. The second kappa shape index (κ2) is 4.85. The topological polar surface area (TPSA) is 38.5 Å². The lowest BCUT2D eigenvalue weighted by Crippen LogP contribution is -2.25. The predicted octanol–water partition coefficient (Wildman–Crippen LogP) is 1.65. The molecule has 0 spiro atoms. The SMILES string of the molecule is COc1ccccc1C1C(CN)CCN1C. The number of benzene rings is 1. The van der Waals surface area contributed by atoms with Crippen LogP contribution in [0.5, 0.6) is 5.75 Å². The van der Waals surface area contributed by atoms with Crippen molar-refractivity contribution >= 4 is 0 Å². The Bertz CT molecular complexity index is 354. The number of hydrogen-bond donors (Lipinski definition) is 1. The van der Waals surface area contributed by atoms with Gasteiger partial charge in [-0.1, -0.05) is 18.2 Å². The van der Waals surface area contributed by atoms with Crippen LogP contribution in [-0.2, 0) is 0 Å². The van der Waals surface area contributed by atoms with Crippen molar-refractivity contribution in [1.82, 2.24) is 4.90 Å². The molecule has 1 aromatic carbocycles. The maximum atomic E-state index is 5.85. The lowest BCUT2D eigenvalue weighted by molar-refractivity contribution is 0.270. The Balaban J connectivity index is 2.34. The van der Waals surface area contributed by atoms with Crippen molar-refractivity contribution in [3.63, 3.8) is 0 Å². The third-order valence-electron chi connectivity index (χ3n) is 3.53. The molecule has 2 N–H and O–H groups in total. The van der Waals surface area contributed by atoms with Crippen LogP contribution in [0.25, 0.3) is 0 Å². The van der Waals surface area contributed by atoms with E-state index in [9.17, 15) is 0 Å². The van der Waals surface area contributed by atoms with Crippen molar-refractivity contribution in [3.8, 4) is 5.75 Å². The number of methoxy groups -OCH3 is 1. The van der Waals surface area contributed by atoms with Gasteiger partial charge in [-0.2, -0.15) is 0 Å². The fourth-order valence-corrected chi connectivity index (χ4v) is 2.68. The lowest BCUT2D eigenvalue weighted by atomic mass is 9.93. The molecule has 0 radical (unpaired) electrons. The minimum Gasteiger partial charge on any atom is -0.496 e. The zero-order chi connectivity index (χ0) is 11.5. The van der Waals surface area contributed by atoms with Crippen LogP contribution >= 0.6 is 0 Å². The monoisotopic (exact) mass is 220 g/mol. The maximum Gasteiger partial charge on any atom is 0.123 e. The van der Waals surface area contributed by atoms with Gasteiger partial charge >= 0.3 is 0 Å². The normalized spacial score (nSPS) is 25.9. The summed E-state index contributed by atoms with van der Waals surface area (Å²) in [7, 11) is 3.89. The van der Waals surface area contributed by atoms with E-state index in [1.54, 1.807) is 7.11 Å². The van der Waals surface area contributed by atoms with Crippen LogP contribution in [0.2, 0.25) is 0 Å². The van der Waals surface area contributed by atoms with E-state index in [1.807, 2.05) is 12.1 Å². The minimum atomic E-state index is 0.404. The number of hydrogen-bond acceptors (Lipinski definition) is 3. The van der Waals surface area contributed by atoms with Gasteiger partial charge in [0.2, 0.25) is 0 Å². The number of ether oxygens (including phenoxy) is 1. The standard InChI is InChI=1S/C13H20N2O/c1-15-8-7-10(9-14)13(15)11-5-3-4-6-12(11)16-2/h3-6,10,13H,7-9,14H2,1-2H3. The Kier molecular flexibility index (Phi) is 3.46. The van der Waals surface area contributed by atoms with Crippen LogP contribution in [0.3, 0.4) is 0 Å². The summed E-state index contributed by atoms with van der Waals surface area (Å²) >= 11 is 0. The molecule has 0 aliphatic carbocycles. The Labute approximate surface area is 97.2 Å². The number of para-hydroxylation sites is 1. The first-order valence-electron chi connectivity index (χ1n) is 5.81. The van der Waals surface area contributed by atoms with Crippen molar-refractivity contribution < 1.29 is 4.74 Å². The van der Waals surface area contributed by atoms with Gasteiger partial charge < -0.3 is 10.5 Å². The van der Waals surface area contributed by atoms with Crippen molar-refractivity contribution in [2.45, 2.75) is 12.5 Å². The average molecular weight is 220 g/mol. The van der Waals surface area contributed by atoms with Gasteiger partial charge in [0.15, 0.2) is 0 Å². The summed E-state index contributed by atoms with van der Waals surface area (Å²) in [6, 6.07) is 8.65. The summed E-state index contributed by atoms with van der Waals surface area (Å²) in [5.74, 6) is 1.51. The molecule has 0 amide bonds. The van der Waals surface area contributed by atoms with Gasteiger partial charge in [0.1, 0.15) is 5.75 Å². The number of rotatable bonds is 3. The zero-order valence-electron chi connectivity index (χ0n) is 10.0. The number of nitrogens with two attached hydrogens (primary N) is 1. The summed E-state index contributed by atoms with van der Waals surface area (Å²) in [5.41, 5.74) is 7.11. The van der Waals surface area contributed by atoms with Crippen LogP contribution in [0.4, 0.5) is 0 Å². The number of nitrogens with zero attached hydrogens (tertiary/aromatic N) is 1. The first-order valence-corrected chi connectivity index (χ1v) is 5.81. The summed E-state index contributed by atoms with van der Waals surface area (Å²) in [4.78, 5) is 2.37. The minimum absolute atomic E-state index is 0.404. The molecule has 0 aromatic heterocycles. The molecule has 0 saturated carbocycles. The molecule has 3 nitrogen and oxygen atoms in total. The molecule has 1 aliphatic heterocycles. The van der Waals surface area contributed by atoms with E-state index in [-0.39, 0.29) is 0 Å². The van der Waals surface area contributed by atoms with E-state index in [4.69, 9.17) is 10.5 Å². The first kappa shape index (κ1) is 11.4. The molecule has 2 unspecified atom stereocenters. The van der Waals surface area contributed by atoms with Gasteiger partial charge in [-0.25, -0.2) is 0 Å². The second-order valence-corrected chi connectivity index (χ2v) is 4.45. The molecule has 1 aromatic rings. The zero-order valence-corrected chi connectivity index (χ0v) is 10.0. The molecule has 0 bridgehead atoms. The Morgan fingerprint density at radius 2 is 2.19 bits per heavy atom. The smallest absolute Gasteiger partial charge is 0.123 e. The summed E-state index contributed by atoms with van der Waals surface area (Å²) in [6.45, 7) is 1.86. The summed E-state index contributed by atoms with van der Waals surface area (Å²) < 4.78 is 5.43. The molecular weight excluding hydrogens is 200 g/mol. The first-order chi connectivity index (χ1) is 7.77. The van der Waals surface area contributed by atoms with Crippen LogP contribution in [0.1, 0.15) is 18.0 Å². The van der Waals surface area contributed by atoms with Gasteiger partial charge in [0.25, 0.3) is 0 Å². The van der Waals surface area contributed by atoms with E-state index in [2.05, 4.69) is 24.1 Å². The van der Waals surface area contributed by atoms with Crippen molar-refractivity contribution in [2.75, 3.05) is 27.2 Å². The molecule has 16 heavy (non-hydrogen) atoms. The fraction of sp³-hybridized carbons (Fsp3) is 0.538. The van der Waals surface area contributed by atoms with Gasteiger partial charge in [-0.3, -0.25) is 4.90 Å². The van der Waals surface area contributed by atoms with Crippen molar-refractivity contribution in [2.24, 2.45) is 11.7 Å². The molecule has 1 saturated heterocycles. The highest BCUT2D eigenvalue weighted by atomic mass is 16.5. The Hall–Kier alpha value is -1.06. The largest absolute Gasteiger partial charge is 0.496 e.